The molecule has 0 saturated carbocycles. The standard InChI is InChI=1S/C38H26N4/c1-3-11-29(12-4-1)19-21-31-23-24-32(22-20-30-13-5-2-6-14-30)34(26-42-28-40-36-16-8-10-18-38(36)42)33(31)25-41-27-39-35-15-7-9-17-37(35)41/h1-18,23-24,27-28H,25-26H2. The molecule has 2 heterocycles. The number of rotatable bonds is 4. The van der Waals surface area contributed by atoms with E-state index in [1.54, 1.807) is 0 Å². The van der Waals surface area contributed by atoms with Gasteiger partial charge in [-0.3, -0.25) is 0 Å². The van der Waals surface area contributed by atoms with Gasteiger partial charge in [-0.05, 0) is 71.8 Å². The predicted molar refractivity (Wildman–Crippen MR) is 169 cm³/mol. The molecule has 0 N–H and O–H groups in total. The lowest BCUT2D eigenvalue weighted by Crippen LogP contribution is -2.10. The molecule has 7 rings (SSSR count). The van der Waals surface area contributed by atoms with Crippen LogP contribution in [0.25, 0.3) is 22.1 Å². The Kier molecular flexibility index (Phi) is 6.79. The molecule has 0 aliphatic carbocycles. The molecule has 0 unspecified atom stereocenters. The first-order valence-corrected chi connectivity index (χ1v) is 13.9. The van der Waals surface area contributed by atoms with Crippen molar-refractivity contribution in [3.63, 3.8) is 0 Å². The molecule has 2 aromatic heterocycles. The minimum atomic E-state index is 0.613. The average Bonchev–Trinajstić information content (AvgIpc) is 3.65. The molecule has 0 radical (unpaired) electrons. The Balaban J connectivity index is 1.43. The number of imidazole rings is 2. The Labute approximate surface area is 244 Å². The molecule has 0 aliphatic rings. The van der Waals surface area contributed by atoms with Crippen molar-refractivity contribution in [2.75, 3.05) is 0 Å². The predicted octanol–water partition coefficient (Wildman–Crippen LogP) is 7.28. The van der Waals surface area contributed by atoms with Crippen molar-refractivity contribution in [1.29, 1.82) is 0 Å². The SMILES string of the molecule is C(#Cc1ccc(C#Cc2ccccc2)c(Cn2cnc3ccccc32)c1Cn1cnc2ccccc21)c1ccccc1. The first-order chi connectivity index (χ1) is 20.8. The van der Waals surface area contributed by atoms with E-state index in [1.807, 2.05) is 97.6 Å². The lowest BCUT2D eigenvalue weighted by molar-refractivity contribution is 0.770. The van der Waals surface area contributed by atoms with Crippen LogP contribution >= 0.6 is 0 Å². The third kappa shape index (κ3) is 5.18. The van der Waals surface area contributed by atoms with Gasteiger partial charge in [0.1, 0.15) is 0 Å². The highest BCUT2D eigenvalue weighted by Crippen LogP contribution is 2.25. The van der Waals surface area contributed by atoms with Crippen molar-refractivity contribution in [3.8, 4) is 23.7 Å². The highest BCUT2D eigenvalue weighted by Gasteiger charge is 2.16. The van der Waals surface area contributed by atoms with Gasteiger partial charge >= 0.3 is 0 Å². The van der Waals surface area contributed by atoms with E-state index in [4.69, 9.17) is 0 Å². The fourth-order valence-corrected chi connectivity index (χ4v) is 5.22. The summed E-state index contributed by atoms with van der Waals surface area (Å²) < 4.78 is 4.39. The van der Waals surface area contributed by atoms with Crippen molar-refractivity contribution in [2.24, 2.45) is 0 Å². The zero-order chi connectivity index (χ0) is 28.1. The molecule has 0 atom stereocenters. The number of fused-ring (bicyclic) bond motifs is 2. The fraction of sp³-hybridized carbons (Fsp3) is 0.0526. The number of para-hydroxylation sites is 4. The maximum absolute atomic E-state index is 4.67. The zero-order valence-corrected chi connectivity index (χ0v) is 22.9. The number of benzene rings is 5. The molecule has 4 nitrogen and oxygen atoms in total. The van der Waals surface area contributed by atoms with Gasteiger partial charge in [-0.1, -0.05) is 84.3 Å². The summed E-state index contributed by atoms with van der Waals surface area (Å²) in [6, 6.07) is 40.9. The van der Waals surface area contributed by atoms with Gasteiger partial charge in [0.15, 0.2) is 0 Å². The largest absolute Gasteiger partial charge is 0.326 e. The van der Waals surface area contributed by atoms with Crippen molar-refractivity contribution in [2.45, 2.75) is 13.1 Å². The second kappa shape index (κ2) is 11.3. The number of hydrogen-bond donors (Lipinski definition) is 0. The molecular weight excluding hydrogens is 512 g/mol. The van der Waals surface area contributed by atoms with Crippen LogP contribution in [0.15, 0.2) is 134 Å². The zero-order valence-electron chi connectivity index (χ0n) is 22.9. The third-order valence-corrected chi connectivity index (χ3v) is 7.37. The summed E-state index contributed by atoms with van der Waals surface area (Å²) in [6.07, 6.45) is 3.83. The van der Waals surface area contributed by atoms with Crippen LogP contribution in [-0.2, 0) is 13.1 Å². The normalized spacial score (nSPS) is 10.7. The molecule has 0 amide bonds. The number of aromatic nitrogens is 4. The molecular formula is C38H26N4. The highest BCUT2D eigenvalue weighted by molar-refractivity contribution is 5.76. The Bertz CT molecular complexity index is 1990. The van der Waals surface area contributed by atoms with E-state index >= 15 is 0 Å². The maximum Gasteiger partial charge on any atom is 0.0961 e. The fourth-order valence-electron chi connectivity index (χ4n) is 5.22. The summed E-state index contributed by atoms with van der Waals surface area (Å²) in [6.45, 7) is 1.23. The topological polar surface area (TPSA) is 35.6 Å². The van der Waals surface area contributed by atoms with E-state index in [0.717, 1.165) is 55.4 Å². The Morgan fingerprint density at radius 3 is 1.29 bits per heavy atom. The van der Waals surface area contributed by atoms with E-state index in [-0.39, 0.29) is 0 Å². The molecule has 0 aliphatic heterocycles. The van der Waals surface area contributed by atoms with Crippen LogP contribution in [0.2, 0.25) is 0 Å². The highest BCUT2D eigenvalue weighted by atomic mass is 15.1. The molecule has 0 spiro atoms. The smallest absolute Gasteiger partial charge is 0.0961 e. The lowest BCUT2D eigenvalue weighted by atomic mass is 9.95. The monoisotopic (exact) mass is 538 g/mol. The van der Waals surface area contributed by atoms with Crippen LogP contribution in [0, 0.1) is 23.7 Å². The van der Waals surface area contributed by atoms with Crippen molar-refractivity contribution < 1.29 is 0 Å². The van der Waals surface area contributed by atoms with E-state index in [9.17, 15) is 0 Å². The van der Waals surface area contributed by atoms with Crippen molar-refractivity contribution in [1.82, 2.24) is 19.1 Å². The van der Waals surface area contributed by atoms with Crippen LogP contribution in [-0.4, -0.2) is 19.1 Å². The van der Waals surface area contributed by atoms with E-state index in [0.29, 0.717) is 13.1 Å². The van der Waals surface area contributed by atoms with E-state index in [1.165, 1.54) is 0 Å². The van der Waals surface area contributed by atoms with Crippen LogP contribution in [0.3, 0.4) is 0 Å². The van der Waals surface area contributed by atoms with Gasteiger partial charge in [0.25, 0.3) is 0 Å². The first kappa shape index (κ1) is 25.1. The summed E-state index contributed by atoms with van der Waals surface area (Å²) in [4.78, 5) is 9.33. The molecule has 0 bridgehead atoms. The van der Waals surface area contributed by atoms with Crippen LogP contribution in [0.5, 0.6) is 0 Å². The van der Waals surface area contributed by atoms with E-state index < -0.39 is 0 Å². The van der Waals surface area contributed by atoms with Crippen LogP contribution in [0.1, 0.15) is 33.4 Å². The minimum absolute atomic E-state index is 0.613. The summed E-state index contributed by atoms with van der Waals surface area (Å²) >= 11 is 0. The van der Waals surface area contributed by atoms with E-state index in [2.05, 4.69) is 79.2 Å². The quantitative estimate of drug-likeness (QED) is 0.221. The van der Waals surface area contributed by atoms with Gasteiger partial charge in [-0.25, -0.2) is 9.97 Å². The molecule has 5 aromatic carbocycles. The number of nitrogens with zero attached hydrogens (tertiary/aromatic N) is 4. The Hall–Kier alpha value is -5.84. The van der Waals surface area contributed by atoms with Crippen molar-refractivity contribution >= 4 is 22.1 Å². The van der Waals surface area contributed by atoms with Crippen molar-refractivity contribution in [3.05, 3.63) is 167 Å². The van der Waals surface area contributed by atoms with Gasteiger partial charge in [-0.15, -0.1) is 0 Å². The second-order valence-corrected chi connectivity index (χ2v) is 10.1. The summed E-state index contributed by atoms with van der Waals surface area (Å²) in [5.41, 5.74) is 10.3. The molecule has 7 aromatic rings. The van der Waals surface area contributed by atoms with Crippen LogP contribution in [0.4, 0.5) is 0 Å². The average molecular weight is 539 g/mol. The molecule has 4 heteroatoms. The first-order valence-electron chi connectivity index (χ1n) is 13.9. The molecule has 0 fully saturated rings. The van der Waals surface area contributed by atoms with Gasteiger partial charge < -0.3 is 9.13 Å². The third-order valence-electron chi connectivity index (χ3n) is 7.37. The van der Waals surface area contributed by atoms with Gasteiger partial charge in [-0.2, -0.15) is 0 Å². The van der Waals surface area contributed by atoms with Gasteiger partial charge in [0.05, 0.1) is 47.8 Å². The minimum Gasteiger partial charge on any atom is -0.326 e. The lowest BCUT2D eigenvalue weighted by Gasteiger charge is -2.17. The Morgan fingerprint density at radius 1 is 0.429 bits per heavy atom. The molecule has 0 saturated heterocycles. The van der Waals surface area contributed by atoms with Gasteiger partial charge in [0, 0.05) is 22.3 Å². The second-order valence-electron chi connectivity index (χ2n) is 10.1. The maximum atomic E-state index is 4.67. The Morgan fingerprint density at radius 2 is 0.833 bits per heavy atom. The molecule has 198 valence electrons. The summed E-state index contributed by atoms with van der Waals surface area (Å²) in [5.74, 6) is 13.7. The molecule has 42 heavy (non-hydrogen) atoms. The summed E-state index contributed by atoms with van der Waals surface area (Å²) in [7, 11) is 0. The van der Waals surface area contributed by atoms with Crippen LogP contribution < -0.4 is 0 Å². The summed E-state index contributed by atoms with van der Waals surface area (Å²) in [5, 5.41) is 0. The number of hydrogen-bond acceptors (Lipinski definition) is 2. The van der Waals surface area contributed by atoms with Gasteiger partial charge in [0.2, 0.25) is 0 Å².